The summed E-state index contributed by atoms with van der Waals surface area (Å²) < 4.78 is 25.7. The first-order valence-corrected chi connectivity index (χ1v) is 4.00. The zero-order chi connectivity index (χ0) is 10.6. The lowest BCUT2D eigenvalue weighted by Crippen LogP contribution is -2.24. The Kier molecular flexibility index (Phi) is 3.34. The fourth-order valence-corrected chi connectivity index (χ4v) is 0.939. The van der Waals surface area contributed by atoms with E-state index in [0.717, 1.165) is 6.07 Å². The molecular formula is C10H9F2NO. The van der Waals surface area contributed by atoms with Crippen LogP contribution in [0.2, 0.25) is 0 Å². The van der Waals surface area contributed by atoms with Gasteiger partial charge < -0.3 is 5.32 Å². The molecule has 2 nitrogen and oxygen atoms in total. The van der Waals surface area contributed by atoms with E-state index < -0.39 is 17.5 Å². The van der Waals surface area contributed by atoms with E-state index in [2.05, 4.69) is 11.9 Å². The van der Waals surface area contributed by atoms with Crippen LogP contribution < -0.4 is 5.32 Å². The number of hydrogen-bond acceptors (Lipinski definition) is 1. The zero-order valence-electron chi connectivity index (χ0n) is 7.39. The standard InChI is InChI=1S/C10H9F2NO/c1-2-6-13-10(14)7-4-3-5-8(11)9(7)12/h2-5H,1,6H2,(H,13,14). The lowest BCUT2D eigenvalue weighted by molar-refractivity contribution is 0.0953. The average Bonchev–Trinajstić information content (AvgIpc) is 2.18. The van der Waals surface area contributed by atoms with E-state index in [0.29, 0.717) is 0 Å². The number of halogens is 2. The normalized spacial score (nSPS) is 9.57. The van der Waals surface area contributed by atoms with Gasteiger partial charge in [-0.25, -0.2) is 8.78 Å². The monoisotopic (exact) mass is 197 g/mol. The Labute approximate surface area is 80.2 Å². The van der Waals surface area contributed by atoms with Crippen molar-refractivity contribution in [3.63, 3.8) is 0 Å². The van der Waals surface area contributed by atoms with E-state index in [4.69, 9.17) is 0 Å². The number of nitrogens with one attached hydrogen (secondary N) is 1. The summed E-state index contributed by atoms with van der Waals surface area (Å²) in [7, 11) is 0. The van der Waals surface area contributed by atoms with Gasteiger partial charge in [0.1, 0.15) is 0 Å². The average molecular weight is 197 g/mol. The third kappa shape index (κ3) is 2.16. The van der Waals surface area contributed by atoms with Crippen molar-refractivity contribution in [3.8, 4) is 0 Å². The molecule has 0 saturated heterocycles. The minimum atomic E-state index is -1.13. The molecule has 1 N–H and O–H groups in total. The molecule has 0 unspecified atom stereocenters. The summed E-state index contributed by atoms with van der Waals surface area (Å²) in [6.07, 6.45) is 1.45. The van der Waals surface area contributed by atoms with Crippen LogP contribution in [-0.4, -0.2) is 12.5 Å². The molecule has 74 valence electrons. The Balaban J connectivity index is 2.89. The Bertz CT molecular complexity index is 363. The fraction of sp³-hybridized carbons (Fsp3) is 0.100. The molecule has 1 aromatic carbocycles. The van der Waals surface area contributed by atoms with Crippen molar-refractivity contribution in [1.29, 1.82) is 0 Å². The second-order valence-corrected chi connectivity index (χ2v) is 2.60. The summed E-state index contributed by atoms with van der Waals surface area (Å²) in [5, 5.41) is 2.35. The van der Waals surface area contributed by atoms with Gasteiger partial charge in [-0.1, -0.05) is 12.1 Å². The predicted octanol–water partition coefficient (Wildman–Crippen LogP) is 1.88. The van der Waals surface area contributed by atoms with Crippen molar-refractivity contribution in [2.24, 2.45) is 0 Å². The molecule has 0 aliphatic rings. The van der Waals surface area contributed by atoms with Gasteiger partial charge in [-0.05, 0) is 12.1 Å². The molecule has 0 heterocycles. The Morgan fingerprint density at radius 2 is 2.21 bits per heavy atom. The van der Waals surface area contributed by atoms with Crippen LogP contribution >= 0.6 is 0 Å². The van der Waals surface area contributed by atoms with Gasteiger partial charge in [-0.2, -0.15) is 0 Å². The summed E-state index contributed by atoms with van der Waals surface area (Å²) in [5.41, 5.74) is -0.299. The highest BCUT2D eigenvalue weighted by atomic mass is 19.2. The van der Waals surface area contributed by atoms with Crippen molar-refractivity contribution in [2.45, 2.75) is 0 Å². The van der Waals surface area contributed by atoms with Crippen molar-refractivity contribution >= 4 is 5.91 Å². The van der Waals surface area contributed by atoms with Crippen molar-refractivity contribution in [2.75, 3.05) is 6.54 Å². The first-order valence-electron chi connectivity index (χ1n) is 4.00. The molecular weight excluding hydrogens is 188 g/mol. The molecule has 0 spiro atoms. The number of benzene rings is 1. The van der Waals surface area contributed by atoms with Crippen molar-refractivity contribution in [3.05, 3.63) is 48.1 Å². The number of hydrogen-bond donors (Lipinski definition) is 1. The van der Waals surface area contributed by atoms with Crippen LogP contribution in [0.15, 0.2) is 30.9 Å². The lowest BCUT2D eigenvalue weighted by Gasteiger charge is -2.03. The van der Waals surface area contributed by atoms with Gasteiger partial charge >= 0.3 is 0 Å². The molecule has 0 aliphatic heterocycles. The smallest absolute Gasteiger partial charge is 0.254 e. The fourth-order valence-electron chi connectivity index (χ4n) is 0.939. The molecule has 0 atom stereocenters. The van der Waals surface area contributed by atoms with Gasteiger partial charge in [0, 0.05) is 6.54 Å². The maximum absolute atomic E-state index is 13.0. The molecule has 0 radical (unpaired) electrons. The number of carbonyl (C=O) groups excluding carboxylic acids is 1. The van der Waals surface area contributed by atoms with E-state index >= 15 is 0 Å². The summed E-state index contributed by atoms with van der Waals surface area (Å²) in [4.78, 5) is 11.2. The van der Waals surface area contributed by atoms with E-state index in [-0.39, 0.29) is 12.1 Å². The lowest BCUT2D eigenvalue weighted by atomic mass is 10.2. The van der Waals surface area contributed by atoms with Gasteiger partial charge in [0.25, 0.3) is 5.91 Å². The SMILES string of the molecule is C=CCNC(=O)c1cccc(F)c1F. The minimum Gasteiger partial charge on any atom is -0.348 e. The molecule has 1 aromatic rings. The van der Waals surface area contributed by atoms with E-state index in [1.807, 2.05) is 0 Å². The first kappa shape index (κ1) is 10.4. The largest absolute Gasteiger partial charge is 0.348 e. The van der Waals surface area contributed by atoms with Crippen LogP contribution in [0.5, 0.6) is 0 Å². The van der Waals surface area contributed by atoms with Crippen LogP contribution in [-0.2, 0) is 0 Å². The quantitative estimate of drug-likeness (QED) is 0.736. The second kappa shape index (κ2) is 4.50. The van der Waals surface area contributed by atoms with Crippen LogP contribution in [0, 0.1) is 11.6 Å². The van der Waals surface area contributed by atoms with Gasteiger partial charge in [-0.15, -0.1) is 6.58 Å². The molecule has 0 fully saturated rings. The highest BCUT2D eigenvalue weighted by Crippen LogP contribution is 2.10. The van der Waals surface area contributed by atoms with Gasteiger partial charge in [0.2, 0.25) is 0 Å². The van der Waals surface area contributed by atoms with E-state index in [9.17, 15) is 13.6 Å². The Morgan fingerprint density at radius 3 is 2.86 bits per heavy atom. The molecule has 0 aliphatic carbocycles. The third-order valence-electron chi connectivity index (χ3n) is 1.60. The summed E-state index contributed by atoms with van der Waals surface area (Å²) in [6.45, 7) is 3.60. The third-order valence-corrected chi connectivity index (χ3v) is 1.60. The summed E-state index contributed by atoms with van der Waals surface area (Å²) in [5.74, 6) is -2.81. The molecule has 0 saturated carbocycles. The second-order valence-electron chi connectivity index (χ2n) is 2.60. The number of amides is 1. The Hall–Kier alpha value is -1.71. The van der Waals surface area contributed by atoms with Crippen molar-refractivity contribution in [1.82, 2.24) is 5.32 Å². The number of rotatable bonds is 3. The molecule has 1 amide bonds. The van der Waals surface area contributed by atoms with Gasteiger partial charge in [0.15, 0.2) is 11.6 Å². The molecule has 14 heavy (non-hydrogen) atoms. The van der Waals surface area contributed by atoms with Crippen LogP contribution in [0.3, 0.4) is 0 Å². The first-order chi connectivity index (χ1) is 6.66. The highest BCUT2D eigenvalue weighted by Gasteiger charge is 2.13. The maximum atomic E-state index is 13.0. The summed E-state index contributed by atoms with van der Waals surface area (Å²) >= 11 is 0. The zero-order valence-corrected chi connectivity index (χ0v) is 7.39. The van der Waals surface area contributed by atoms with Gasteiger partial charge in [-0.3, -0.25) is 4.79 Å². The maximum Gasteiger partial charge on any atom is 0.254 e. The Morgan fingerprint density at radius 1 is 1.50 bits per heavy atom. The molecule has 1 rings (SSSR count). The predicted molar refractivity (Wildman–Crippen MR) is 48.9 cm³/mol. The van der Waals surface area contributed by atoms with E-state index in [1.54, 1.807) is 0 Å². The van der Waals surface area contributed by atoms with Crippen LogP contribution in [0.1, 0.15) is 10.4 Å². The summed E-state index contributed by atoms with van der Waals surface area (Å²) in [6, 6.07) is 3.46. The molecule has 4 heteroatoms. The number of carbonyl (C=O) groups is 1. The van der Waals surface area contributed by atoms with E-state index in [1.165, 1.54) is 18.2 Å². The molecule has 0 aromatic heterocycles. The highest BCUT2D eigenvalue weighted by molar-refractivity contribution is 5.94. The van der Waals surface area contributed by atoms with Crippen LogP contribution in [0.25, 0.3) is 0 Å². The minimum absolute atomic E-state index is 0.217. The van der Waals surface area contributed by atoms with Gasteiger partial charge in [0.05, 0.1) is 5.56 Å². The topological polar surface area (TPSA) is 29.1 Å². The molecule has 0 bridgehead atoms. The van der Waals surface area contributed by atoms with Crippen LogP contribution in [0.4, 0.5) is 8.78 Å². The van der Waals surface area contributed by atoms with Crippen molar-refractivity contribution < 1.29 is 13.6 Å².